The highest BCUT2D eigenvalue weighted by atomic mass is 19.1. The number of pyridine rings is 1. The van der Waals surface area contributed by atoms with Crippen LogP contribution in [0.2, 0.25) is 0 Å². The van der Waals surface area contributed by atoms with Gasteiger partial charge in [-0.15, -0.1) is 0 Å². The summed E-state index contributed by atoms with van der Waals surface area (Å²) in [4.78, 5) is 11.1. The fourth-order valence-corrected chi connectivity index (χ4v) is 1.48. The third kappa shape index (κ3) is 1.96. The summed E-state index contributed by atoms with van der Waals surface area (Å²) in [6, 6.07) is 9.17. The number of aryl methyl sites for hydroxylation is 1. The lowest BCUT2D eigenvalue weighted by Crippen LogP contribution is -2.06. The molecule has 0 atom stereocenters. The quantitative estimate of drug-likeness (QED) is 0.697. The minimum Gasteiger partial charge on any atom is -0.321 e. The summed E-state index contributed by atoms with van der Waals surface area (Å²) < 4.78 is 14.5. The predicted octanol–water partition coefficient (Wildman–Crippen LogP) is 2.29. The molecule has 0 bridgehead atoms. The summed E-state index contributed by atoms with van der Waals surface area (Å²) in [6.07, 6.45) is 1.69. The lowest BCUT2D eigenvalue weighted by Gasteiger charge is -2.09. The molecule has 0 aliphatic rings. The predicted molar refractivity (Wildman–Crippen MR) is 56.7 cm³/mol. The first kappa shape index (κ1) is 9.65. The van der Waals surface area contributed by atoms with Crippen molar-refractivity contribution in [2.75, 3.05) is 0 Å². The van der Waals surface area contributed by atoms with Crippen molar-refractivity contribution in [2.24, 2.45) is 0 Å². The Kier molecular flexibility index (Phi) is 2.37. The average Bonchev–Trinajstić information content (AvgIpc) is 2.20. The molecule has 1 heterocycles. The van der Waals surface area contributed by atoms with Crippen LogP contribution in [0.25, 0.3) is 5.69 Å². The van der Waals surface area contributed by atoms with Crippen LogP contribution in [0.3, 0.4) is 0 Å². The highest BCUT2D eigenvalue weighted by Crippen LogP contribution is 2.10. The van der Waals surface area contributed by atoms with Crippen LogP contribution in [-0.4, -0.2) is 4.57 Å². The SMILES string of the molecule is Cc1cc(=O)ccn1-c1ccc(F)cc1. The molecule has 0 saturated heterocycles. The van der Waals surface area contributed by atoms with Gasteiger partial charge < -0.3 is 4.57 Å². The minimum atomic E-state index is -0.266. The van der Waals surface area contributed by atoms with Gasteiger partial charge in [-0.25, -0.2) is 4.39 Å². The molecular weight excluding hydrogens is 193 g/mol. The topological polar surface area (TPSA) is 22.0 Å². The number of nitrogens with zero attached hydrogens (tertiary/aromatic N) is 1. The Morgan fingerprint density at radius 2 is 1.80 bits per heavy atom. The molecule has 3 heteroatoms. The molecule has 76 valence electrons. The third-order valence-electron chi connectivity index (χ3n) is 2.22. The summed E-state index contributed by atoms with van der Waals surface area (Å²) in [5, 5.41) is 0. The maximum atomic E-state index is 12.7. The first-order chi connectivity index (χ1) is 7.16. The van der Waals surface area contributed by atoms with Crippen molar-refractivity contribution in [1.82, 2.24) is 4.57 Å². The normalized spacial score (nSPS) is 10.3. The van der Waals surface area contributed by atoms with Gasteiger partial charge in [0, 0.05) is 29.7 Å². The van der Waals surface area contributed by atoms with E-state index in [0.29, 0.717) is 0 Å². The molecule has 0 aliphatic heterocycles. The summed E-state index contributed by atoms with van der Waals surface area (Å²) >= 11 is 0. The molecule has 0 fully saturated rings. The standard InChI is InChI=1S/C12H10FNO/c1-9-8-12(15)6-7-14(9)11-4-2-10(13)3-5-11/h2-8H,1H3. The second kappa shape index (κ2) is 3.69. The van der Waals surface area contributed by atoms with Crippen LogP contribution in [0.4, 0.5) is 4.39 Å². The molecule has 2 nitrogen and oxygen atoms in total. The van der Waals surface area contributed by atoms with Crippen molar-refractivity contribution in [2.45, 2.75) is 6.92 Å². The van der Waals surface area contributed by atoms with Gasteiger partial charge in [0.15, 0.2) is 5.43 Å². The van der Waals surface area contributed by atoms with Gasteiger partial charge >= 0.3 is 0 Å². The Bertz CT molecular complexity index is 528. The zero-order valence-electron chi connectivity index (χ0n) is 8.27. The Morgan fingerprint density at radius 3 is 2.40 bits per heavy atom. The molecule has 2 rings (SSSR count). The van der Waals surface area contributed by atoms with E-state index >= 15 is 0 Å². The van der Waals surface area contributed by atoms with E-state index in [0.717, 1.165) is 11.4 Å². The number of halogens is 1. The molecule has 2 aromatic rings. The number of hydrogen-bond donors (Lipinski definition) is 0. The average molecular weight is 203 g/mol. The van der Waals surface area contributed by atoms with Crippen LogP contribution in [0, 0.1) is 12.7 Å². The maximum absolute atomic E-state index is 12.7. The molecule has 1 aromatic heterocycles. The smallest absolute Gasteiger partial charge is 0.181 e. The van der Waals surface area contributed by atoms with Crippen molar-refractivity contribution in [3.05, 3.63) is 64.3 Å². The molecule has 1 aromatic carbocycles. The fraction of sp³-hybridized carbons (Fsp3) is 0.0833. The molecule has 0 N–H and O–H groups in total. The van der Waals surface area contributed by atoms with Gasteiger partial charge in [-0.05, 0) is 31.2 Å². The second-order valence-electron chi connectivity index (χ2n) is 3.35. The van der Waals surface area contributed by atoms with Crippen molar-refractivity contribution in [1.29, 1.82) is 0 Å². The zero-order valence-corrected chi connectivity index (χ0v) is 8.27. The lowest BCUT2D eigenvalue weighted by atomic mass is 10.2. The number of hydrogen-bond acceptors (Lipinski definition) is 1. The van der Waals surface area contributed by atoms with Gasteiger partial charge in [0.05, 0.1) is 0 Å². The van der Waals surface area contributed by atoms with Gasteiger partial charge in [-0.2, -0.15) is 0 Å². The van der Waals surface area contributed by atoms with Crippen LogP contribution >= 0.6 is 0 Å². The summed E-state index contributed by atoms with van der Waals surface area (Å²) in [5.74, 6) is -0.266. The van der Waals surface area contributed by atoms with Gasteiger partial charge in [0.1, 0.15) is 5.82 Å². The Hall–Kier alpha value is -1.90. The second-order valence-corrected chi connectivity index (χ2v) is 3.35. The molecule has 0 spiro atoms. The Balaban J connectivity index is 2.54. The van der Waals surface area contributed by atoms with Gasteiger partial charge in [-0.3, -0.25) is 4.79 Å². The highest BCUT2D eigenvalue weighted by Gasteiger charge is 1.98. The van der Waals surface area contributed by atoms with E-state index in [1.54, 1.807) is 24.4 Å². The van der Waals surface area contributed by atoms with E-state index in [4.69, 9.17) is 0 Å². The molecule has 0 radical (unpaired) electrons. The van der Waals surface area contributed by atoms with E-state index in [1.165, 1.54) is 18.2 Å². The number of rotatable bonds is 1. The highest BCUT2D eigenvalue weighted by molar-refractivity contribution is 5.34. The van der Waals surface area contributed by atoms with Crippen LogP contribution in [-0.2, 0) is 0 Å². The summed E-state index contributed by atoms with van der Waals surface area (Å²) in [7, 11) is 0. The summed E-state index contributed by atoms with van der Waals surface area (Å²) in [5.41, 5.74) is 1.65. The third-order valence-corrected chi connectivity index (χ3v) is 2.22. The number of aromatic nitrogens is 1. The lowest BCUT2D eigenvalue weighted by molar-refractivity contribution is 0.627. The maximum Gasteiger partial charge on any atom is 0.181 e. The van der Waals surface area contributed by atoms with Crippen LogP contribution in [0.15, 0.2) is 47.4 Å². The van der Waals surface area contributed by atoms with Gasteiger partial charge in [-0.1, -0.05) is 0 Å². The fourth-order valence-electron chi connectivity index (χ4n) is 1.48. The van der Waals surface area contributed by atoms with E-state index < -0.39 is 0 Å². The molecule has 15 heavy (non-hydrogen) atoms. The zero-order chi connectivity index (χ0) is 10.8. The van der Waals surface area contributed by atoms with E-state index in [1.807, 2.05) is 11.5 Å². The summed E-state index contributed by atoms with van der Waals surface area (Å²) in [6.45, 7) is 1.84. The minimum absolute atomic E-state index is 0.0224. The first-order valence-electron chi connectivity index (χ1n) is 4.62. The monoisotopic (exact) mass is 203 g/mol. The largest absolute Gasteiger partial charge is 0.321 e. The van der Waals surface area contributed by atoms with Crippen molar-refractivity contribution < 1.29 is 4.39 Å². The Labute approximate surface area is 86.6 Å². The molecule has 0 unspecified atom stereocenters. The molecular formula is C12H10FNO. The van der Waals surface area contributed by atoms with Gasteiger partial charge in [0.2, 0.25) is 0 Å². The molecule has 0 aliphatic carbocycles. The van der Waals surface area contributed by atoms with Gasteiger partial charge in [0.25, 0.3) is 0 Å². The van der Waals surface area contributed by atoms with E-state index in [2.05, 4.69) is 0 Å². The van der Waals surface area contributed by atoms with E-state index in [-0.39, 0.29) is 11.2 Å². The molecule has 0 saturated carbocycles. The van der Waals surface area contributed by atoms with Crippen molar-refractivity contribution >= 4 is 0 Å². The van der Waals surface area contributed by atoms with Crippen LogP contribution in [0.1, 0.15) is 5.69 Å². The number of benzene rings is 1. The molecule has 0 amide bonds. The Morgan fingerprint density at radius 1 is 1.13 bits per heavy atom. The van der Waals surface area contributed by atoms with Crippen molar-refractivity contribution in [3.8, 4) is 5.69 Å². The van der Waals surface area contributed by atoms with Crippen LogP contribution in [0.5, 0.6) is 0 Å². The first-order valence-corrected chi connectivity index (χ1v) is 4.62. The van der Waals surface area contributed by atoms with Crippen molar-refractivity contribution in [3.63, 3.8) is 0 Å². The van der Waals surface area contributed by atoms with Crippen LogP contribution < -0.4 is 5.43 Å². The van der Waals surface area contributed by atoms with E-state index in [9.17, 15) is 9.18 Å².